The lowest BCUT2D eigenvalue weighted by Crippen LogP contribution is -2.22. The highest BCUT2D eigenvalue weighted by Crippen LogP contribution is 2.22. The third-order valence-electron chi connectivity index (χ3n) is 2.73. The maximum atomic E-state index is 5.72. The Labute approximate surface area is 93.7 Å². The minimum Gasteiger partial charge on any atom is -0.440 e. The minimum atomic E-state index is 0.633. The van der Waals surface area contributed by atoms with E-state index in [1.54, 1.807) is 0 Å². The van der Waals surface area contributed by atoms with Crippen LogP contribution in [-0.4, -0.2) is 16.5 Å². The highest BCUT2D eigenvalue weighted by Gasteiger charge is 2.17. The molecule has 0 aliphatic carbocycles. The Balaban J connectivity index is 2.00. The molecule has 0 saturated heterocycles. The van der Waals surface area contributed by atoms with E-state index in [1.165, 1.54) is 0 Å². The van der Waals surface area contributed by atoms with Gasteiger partial charge in [0.2, 0.25) is 5.89 Å². The summed E-state index contributed by atoms with van der Waals surface area (Å²) in [7, 11) is 0. The maximum absolute atomic E-state index is 5.72. The van der Waals surface area contributed by atoms with Gasteiger partial charge in [0.05, 0.1) is 5.69 Å². The van der Waals surface area contributed by atoms with Crippen molar-refractivity contribution in [1.82, 2.24) is 15.3 Å². The lowest BCUT2D eigenvalue weighted by Gasteiger charge is -2.07. The Bertz CT molecular complexity index is 478. The fourth-order valence-electron chi connectivity index (χ4n) is 1.83. The van der Waals surface area contributed by atoms with Gasteiger partial charge in [0.25, 0.3) is 0 Å². The van der Waals surface area contributed by atoms with Crippen molar-refractivity contribution in [2.45, 2.75) is 19.9 Å². The van der Waals surface area contributed by atoms with Gasteiger partial charge < -0.3 is 9.73 Å². The molecule has 0 radical (unpaired) electrons. The van der Waals surface area contributed by atoms with Crippen LogP contribution in [0.2, 0.25) is 0 Å². The van der Waals surface area contributed by atoms with Crippen LogP contribution in [0, 0.1) is 6.92 Å². The summed E-state index contributed by atoms with van der Waals surface area (Å²) in [5.74, 6) is 1.63. The summed E-state index contributed by atoms with van der Waals surface area (Å²) in [6.45, 7) is 3.77. The topological polar surface area (TPSA) is 51.0 Å². The first kappa shape index (κ1) is 9.54. The Hall–Kier alpha value is -1.68. The Morgan fingerprint density at radius 2 is 2.31 bits per heavy atom. The van der Waals surface area contributed by atoms with Crippen LogP contribution in [0.4, 0.5) is 0 Å². The molecule has 0 amide bonds. The molecule has 1 aliphatic heterocycles. The molecule has 4 heteroatoms. The number of pyridine rings is 1. The zero-order valence-electron chi connectivity index (χ0n) is 9.16. The second-order valence-electron chi connectivity index (χ2n) is 4.04. The van der Waals surface area contributed by atoms with Gasteiger partial charge in [-0.1, -0.05) is 6.07 Å². The fraction of sp³-hybridized carbons (Fsp3) is 0.333. The summed E-state index contributed by atoms with van der Waals surface area (Å²) in [5.41, 5.74) is 2.96. The maximum Gasteiger partial charge on any atom is 0.245 e. The molecule has 0 saturated carbocycles. The van der Waals surface area contributed by atoms with E-state index in [9.17, 15) is 0 Å². The van der Waals surface area contributed by atoms with Crippen molar-refractivity contribution in [2.24, 2.45) is 0 Å². The van der Waals surface area contributed by atoms with E-state index in [0.29, 0.717) is 5.89 Å². The van der Waals surface area contributed by atoms with Crippen LogP contribution in [0.25, 0.3) is 11.6 Å². The van der Waals surface area contributed by atoms with Gasteiger partial charge in [0.1, 0.15) is 11.5 Å². The van der Waals surface area contributed by atoms with Crippen molar-refractivity contribution in [3.8, 4) is 11.6 Å². The van der Waals surface area contributed by atoms with Crippen molar-refractivity contribution in [2.75, 3.05) is 6.54 Å². The highest BCUT2D eigenvalue weighted by atomic mass is 16.4. The van der Waals surface area contributed by atoms with Gasteiger partial charge in [0, 0.05) is 25.7 Å². The number of rotatable bonds is 1. The van der Waals surface area contributed by atoms with E-state index in [4.69, 9.17) is 4.42 Å². The van der Waals surface area contributed by atoms with E-state index < -0.39 is 0 Å². The van der Waals surface area contributed by atoms with Crippen molar-refractivity contribution in [3.05, 3.63) is 35.3 Å². The number of nitrogens with one attached hydrogen (secondary N) is 1. The minimum absolute atomic E-state index is 0.633. The molecule has 16 heavy (non-hydrogen) atoms. The van der Waals surface area contributed by atoms with E-state index in [0.717, 1.165) is 42.2 Å². The first-order valence-corrected chi connectivity index (χ1v) is 5.45. The molecule has 82 valence electrons. The lowest BCUT2D eigenvalue weighted by molar-refractivity contribution is 0.482. The van der Waals surface area contributed by atoms with Gasteiger partial charge in [-0.3, -0.25) is 4.98 Å². The average Bonchev–Trinajstić information content (AvgIpc) is 2.73. The molecule has 0 atom stereocenters. The van der Waals surface area contributed by atoms with Crippen LogP contribution < -0.4 is 5.32 Å². The second-order valence-corrected chi connectivity index (χ2v) is 4.04. The van der Waals surface area contributed by atoms with Gasteiger partial charge in [-0.25, -0.2) is 4.98 Å². The normalized spacial score (nSPS) is 14.8. The summed E-state index contributed by atoms with van der Waals surface area (Å²) in [4.78, 5) is 8.77. The summed E-state index contributed by atoms with van der Waals surface area (Å²) in [6.07, 6.45) is 2.74. The number of fused-ring (bicyclic) bond motifs is 1. The molecule has 2 aromatic heterocycles. The van der Waals surface area contributed by atoms with Crippen molar-refractivity contribution in [1.29, 1.82) is 0 Å². The molecular formula is C12H13N3O. The first-order valence-electron chi connectivity index (χ1n) is 5.45. The predicted octanol–water partition coefficient (Wildman–Crippen LogP) is 1.69. The Morgan fingerprint density at radius 3 is 3.06 bits per heavy atom. The molecule has 3 rings (SSSR count). The van der Waals surface area contributed by atoms with Crippen LogP contribution in [0.5, 0.6) is 0 Å². The molecule has 0 fully saturated rings. The molecule has 2 aromatic rings. The predicted molar refractivity (Wildman–Crippen MR) is 59.9 cm³/mol. The van der Waals surface area contributed by atoms with Crippen LogP contribution in [0.15, 0.2) is 22.7 Å². The highest BCUT2D eigenvalue weighted by molar-refractivity contribution is 5.48. The molecule has 0 bridgehead atoms. The number of aryl methyl sites for hydroxylation is 1. The standard InChI is InChI=1S/C12H13N3O/c1-8-2-3-9(14-6-8)12-15-10-7-13-5-4-11(10)16-12/h2-3,6,13H,4-5,7H2,1H3. The third-order valence-corrected chi connectivity index (χ3v) is 2.73. The van der Waals surface area contributed by atoms with E-state index in [-0.39, 0.29) is 0 Å². The van der Waals surface area contributed by atoms with Crippen molar-refractivity contribution in [3.63, 3.8) is 0 Å². The molecule has 1 N–H and O–H groups in total. The molecule has 4 nitrogen and oxygen atoms in total. The number of aromatic nitrogens is 2. The largest absolute Gasteiger partial charge is 0.440 e. The van der Waals surface area contributed by atoms with E-state index in [1.807, 2.05) is 25.3 Å². The van der Waals surface area contributed by atoms with Crippen molar-refractivity contribution < 1.29 is 4.42 Å². The Kier molecular flexibility index (Phi) is 2.22. The first-order chi connectivity index (χ1) is 7.83. The number of hydrogen-bond donors (Lipinski definition) is 1. The fourth-order valence-corrected chi connectivity index (χ4v) is 1.83. The molecular weight excluding hydrogens is 202 g/mol. The molecule has 1 aliphatic rings. The average molecular weight is 215 g/mol. The quantitative estimate of drug-likeness (QED) is 0.786. The van der Waals surface area contributed by atoms with Crippen LogP contribution >= 0.6 is 0 Å². The molecule has 0 aromatic carbocycles. The smallest absolute Gasteiger partial charge is 0.245 e. The van der Waals surface area contributed by atoms with Crippen LogP contribution in [-0.2, 0) is 13.0 Å². The number of nitrogens with zero attached hydrogens (tertiary/aromatic N) is 2. The van der Waals surface area contributed by atoms with Gasteiger partial charge in [0.15, 0.2) is 0 Å². The third kappa shape index (κ3) is 1.61. The van der Waals surface area contributed by atoms with E-state index >= 15 is 0 Å². The summed E-state index contributed by atoms with van der Waals surface area (Å²) >= 11 is 0. The van der Waals surface area contributed by atoms with Crippen LogP contribution in [0.3, 0.4) is 0 Å². The molecule has 0 spiro atoms. The second kappa shape index (κ2) is 3.72. The molecule has 0 unspecified atom stereocenters. The lowest BCUT2D eigenvalue weighted by atomic mass is 10.2. The zero-order chi connectivity index (χ0) is 11.0. The van der Waals surface area contributed by atoms with Crippen molar-refractivity contribution >= 4 is 0 Å². The Morgan fingerprint density at radius 1 is 1.38 bits per heavy atom. The van der Waals surface area contributed by atoms with Gasteiger partial charge in [-0.2, -0.15) is 0 Å². The zero-order valence-corrected chi connectivity index (χ0v) is 9.16. The number of oxazole rings is 1. The van der Waals surface area contributed by atoms with Gasteiger partial charge >= 0.3 is 0 Å². The summed E-state index contributed by atoms with van der Waals surface area (Å²) < 4.78 is 5.72. The summed E-state index contributed by atoms with van der Waals surface area (Å²) in [6, 6.07) is 3.96. The van der Waals surface area contributed by atoms with Gasteiger partial charge in [-0.05, 0) is 18.6 Å². The van der Waals surface area contributed by atoms with Crippen LogP contribution in [0.1, 0.15) is 17.0 Å². The summed E-state index contributed by atoms with van der Waals surface area (Å²) in [5, 5.41) is 3.27. The monoisotopic (exact) mass is 215 g/mol. The SMILES string of the molecule is Cc1ccc(-c2nc3c(o2)CCNC3)nc1. The number of hydrogen-bond acceptors (Lipinski definition) is 4. The van der Waals surface area contributed by atoms with Gasteiger partial charge in [-0.15, -0.1) is 0 Å². The molecule has 3 heterocycles. The van der Waals surface area contributed by atoms with E-state index in [2.05, 4.69) is 15.3 Å².